The highest BCUT2D eigenvalue weighted by Gasteiger charge is 2.03. The van der Waals surface area contributed by atoms with E-state index < -0.39 is 0 Å². The van der Waals surface area contributed by atoms with Gasteiger partial charge in [0.05, 0.1) is 0 Å². The van der Waals surface area contributed by atoms with Gasteiger partial charge in [-0.15, -0.1) is 0 Å². The summed E-state index contributed by atoms with van der Waals surface area (Å²) in [7, 11) is 2.13. The molecule has 0 aromatic heterocycles. The van der Waals surface area contributed by atoms with Gasteiger partial charge < -0.3 is 10.6 Å². The first-order valence-electron chi connectivity index (χ1n) is 3.62. The van der Waals surface area contributed by atoms with Gasteiger partial charge in [-0.1, -0.05) is 6.92 Å². The molecule has 56 valence electrons. The van der Waals surface area contributed by atoms with E-state index in [1.165, 1.54) is 0 Å². The fraction of sp³-hybridized carbons (Fsp3) is 1.00. The van der Waals surface area contributed by atoms with Crippen molar-refractivity contribution in [1.82, 2.24) is 4.90 Å². The molecule has 0 radical (unpaired) electrons. The van der Waals surface area contributed by atoms with Crippen molar-refractivity contribution in [3.63, 3.8) is 0 Å². The van der Waals surface area contributed by atoms with E-state index in [4.69, 9.17) is 5.73 Å². The molecule has 2 N–H and O–H groups in total. The van der Waals surface area contributed by atoms with Crippen LogP contribution in [0.2, 0.25) is 0 Å². The first kappa shape index (κ1) is 8.92. The summed E-state index contributed by atoms with van der Waals surface area (Å²) in [5.41, 5.74) is 5.40. The van der Waals surface area contributed by atoms with E-state index in [2.05, 4.69) is 25.8 Å². The zero-order valence-corrected chi connectivity index (χ0v) is 6.72. The molecule has 0 heterocycles. The van der Waals surface area contributed by atoms with Crippen molar-refractivity contribution in [2.24, 2.45) is 5.73 Å². The average Bonchev–Trinajstić information content (AvgIpc) is 1.87. The Morgan fingerprint density at radius 2 is 2.11 bits per heavy atom. The van der Waals surface area contributed by atoms with Crippen molar-refractivity contribution in [3.05, 3.63) is 0 Å². The SMILES string of the molecule is CCN(C)C(C)CCN. The number of hydrogen-bond acceptors (Lipinski definition) is 2. The van der Waals surface area contributed by atoms with Crippen LogP contribution < -0.4 is 5.73 Å². The topological polar surface area (TPSA) is 29.3 Å². The first-order chi connectivity index (χ1) is 4.22. The van der Waals surface area contributed by atoms with Crippen LogP contribution in [-0.4, -0.2) is 31.1 Å². The molecule has 0 aromatic carbocycles. The quantitative estimate of drug-likeness (QED) is 0.606. The Hall–Kier alpha value is -0.0800. The molecule has 1 unspecified atom stereocenters. The van der Waals surface area contributed by atoms with Crippen LogP contribution in [0.5, 0.6) is 0 Å². The number of nitrogens with zero attached hydrogens (tertiary/aromatic N) is 1. The van der Waals surface area contributed by atoms with Gasteiger partial charge in [0, 0.05) is 6.04 Å². The average molecular weight is 130 g/mol. The minimum Gasteiger partial charge on any atom is -0.330 e. The lowest BCUT2D eigenvalue weighted by molar-refractivity contribution is 0.261. The standard InChI is InChI=1S/C7H18N2/c1-4-9(3)7(2)5-6-8/h7H,4-6,8H2,1-3H3. The smallest absolute Gasteiger partial charge is 0.00757 e. The molecule has 0 aliphatic carbocycles. The molecule has 2 heteroatoms. The number of hydrogen-bond donors (Lipinski definition) is 1. The Morgan fingerprint density at radius 3 is 2.44 bits per heavy atom. The van der Waals surface area contributed by atoms with Crippen LogP contribution in [0.15, 0.2) is 0 Å². The maximum absolute atomic E-state index is 5.40. The monoisotopic (exact) mass is 130 g/mol. The second kappa shape index (κ2) is 4.77. The van der Waals surface area contributed by atoms with Gasteiger partial charge in [0.15, 0.2) is 0 Å². The Kier molecular flexibility index (Phi) is 4.72. The Morgan fingerprint density at radius 1 is 1.56 bits per heavy atom. The summed E-state index contributed by atoms with van der Waals surface area (Å²) in [6.45, 7) is 6.27. The third kappa shape index (κ3) is 3.49. The van der Waals surface area contributed by atoms with Gasteiger partial charge in [0.1, 0.15) is 0 Å². The van der Waals surface area contributed by atoms with Crippen molar-refractivity contribution in [3.8, 4) is 0 Å². The maximum atomic E-state index is 5.40. The van der Waals surface area contributed by atoms with Crippen LogP contribution in [0.3, 0.4) is 0 Å². The van der Waals surface area contributed by atoms with Gasteiger partial charge >= 0.3 is 0 Å². The molecule has 2 nitrogen and oxygen atoms in total. The van der Waals surface area contributed by atoms with E-state index in [0.29, 0.717) is 6.04 Å². The molecular formula is C7H18N2. The van der Waals surface area contributed by atoms with Gasteiger partial charge in [0.2, 0.25) is 0 Å². The molecule has 0 saturated heterocycles. The fourth-order valence-corrected chi connectivity index (χ4v) is 0.773. The van der Waals surface area contributed by atoms with E-state index in [9.17, 15) is 0 Å². The van der Waals surface area contributed by atoms with Gasteiger partial charge in [-0.3, -0.25) is 0 Å². The second-order valence-corrected chi connectivity index (χ2v) is 2.50. The highest BCUT2D eigenvalue weighted by Crippen LogP contribution is 1.97. The predicted octanol–water partition coefficient (Wildman–Crippen LogP) is 0.675. The lowest BCUT2D eigenvalue weighted by Gasteiger charge is -2.21. The molecule has 0 aliphatic rings. The largest absolute Gasteiger partial charge is 0.330 e. The minimum absolute atomic E-state index is 0.639. The van der Waals surface area contributed by atoms with Crippen molar-refractivity contribution in [2.75, 3.05) is 20.1 Å². The summed E-state index contributed by atoms with van der Waals surface area (Å²) in [6.07, 6.45) is 1.10. The van der Waals surface area contributed by atoms with E-state index >= 15 is 0 Å². The number of rotatable bonds is 4. The van der Waals surface area contributed by atoms with E-state index in [1.807, 2.05) is 0 Å². The third-order valence-electron chi connectivity index (χ3n) is 1.84. The first-order valence-corrected chi connectivity index (χ1v) is 3.62. The van der Waals surface area contributed by atoms with E-state index in [1.54, 1.807) is 0 Å². The molecule has 0 fully saturated rings. The van der Waals surface area contributed by atoms with Crippen molar-refractivity contribution < 1.29 is 0 Å². The zero-order chi connectivity index (χ0) is 7.28. The molecule has 9 heavy (non-hydrogen) atoms. The molecule has 0 amide bonds. The molecule has 0 spiro atoms. The summed E-state index contributed by atoms with van der Waals surface area (Å²) in [6, 6.07) is 0.639. The van der Waals surface area contributed by atoms with Crippen molar-refractivity contribution in [1.29, 1.82) is 0 Å². The molecule has 0 bridgehead atoms. The van der Waals surface area contributed by atoms with Crippen molar-refractivity contribution >= 4 is 0 Å². The highest BCUT2D eigenvalue weighted by atomic mass is 15.1. The minimum atomic E-state index is 0.639. The fourth-order valence-electron chi connectivity index (χ4n) is 0.773. The molecule has 0 rings (SSSR count). The van der Waals surface area contributed by atoms with Gasteiger partial charge in [-0.25, -0.2) is 0 Å². The van der Waals surface area contributed by atoms with Gasteiger partial charge in [-0.05, 0) is 33.5 Å². The van der Waals surface area contributed by atoms with Crippen LogP contribution in [0.4, 0.5) is 0 Å². The summed E-state index contributed by atoms with van der Waals surface area (Å²) in [4.78, 5) is 2.30. The van der Waals surface area contributed by atoms with Crippen LogP contribution in [0, 0.1) is 0 Å². The van der Waals surface area contributed by atoms with Crippen LogP contribution >= 0.6 is 0 Å². The molecular weight excluding hydrogens is 112 g/mol. The predicted molar refractivity (Wildman–Crippen MR) is 41.4 cm³/mol. The zero-order valence-electron chi connectivity index (χ0n) is 6.72. The second-order valence-electron chi connectivity index (χ2n) is 2.50. The molecule has 0 aliphatic heterocycles. The number of nitrogens with two attached hydrogens (primary N) is 1. The third-order valence-corrected chi connectivity index (χ3v) is 1.84. The summed E-state index contributed by atoms with van der Waals surface area (Å²) < 4.78 is 0. The Balaban J connectivity index is 3.32. The molecule has 1 atom stereocenters. The summed E-state index contributed by atoms with van der Waals surface area (Å²) in [5.74, 6) is 0. The van der Waals surface area contributed by atoms with Gasteiger partial charge in [0.25, 0.3) is 0 Å². The van der Waals surface area contributed by atoms with Crippen LogP contribution in [-0.2, 0) is 0 Å². The van der Waals surface area contributed by atoms with Gasteiger partial charge in [-0.2, -0.15) is 0 Å². The lowest BCUT2D eigenvalue weighted by Crippen LogP contribution is -2.30. The Labute approximate surface area is 58.0 Å². The Bertz CT molecular complexity index is 63.9. The summed E-state index contributed by atoms with van der Waals surface area (Å²) in [5, 5.41) is 0. The van der Waals surface area contributed by atoms with Crippen LogP contribution in [0.1, 0.15) is 20.3 Å². The van der Waals surface area contributed by atoms with Crippen molar-refractivity contribution in [2.45, 2.75) is 26.3 Å². The van der Waals surface area contributed by atoms with E-state index in [0.717, 1.165) is 19.5 Å². The summed E-state index contributed by atoms with van der Waals surface area (Å²) >= 11 is 0. The highest BCUT2D eigenvalue weighted by molar-refractivity contribution is 4.60. The van der Waals surface area contributed by atoms with Crippen LogP contribution in [0.25, 0.3) is 0 Å². The normalized spacial score (nSPS) is 14.3. The molecule has 0 saturated carbocycles. The lowest BCUT2D eigenvalue weighted by atomic mass is 10.2. The van der Waals surface area contributed by atoms with E-state index in [-0.39, 0.29) is 0 Å². The maximum Gasteiger partial charge on any atom is 0.00757 e. The molecule has 0 aromatic rings.